The highest BCUT2D eigenvalue weighted by Gasteiger charge is 2.51. The van der Waals surface area contributed by atoms with E-state index in [9.17, 15) is 55.9 Å². The largest absolute Gasteiger partial charge is 0.507 e. The van der Waals surface area contributed by atoms with E-state index < -0.39 is 121 Å². The van der Waals surface area contributed by atoms with E-state index in [4.69, 9.17) is 37.6 Å². The predicted octanol–water partition coefficient (Wildman–Crippen LogP) is -2.59. The fourth-order valence-corrected chi connectivity index (χ4v) is 6.30. The molecule has 3 aromatic rings. The van der Waals surface area contributed by atoms with E-state index in [1.54, 1.807) is 12.1 Å². The maximum atomic E-state index is 14.3. The van der Waals surface area contributed by atoms with Crippen LogP contribution in [0.1, 0.15) is 13.8 Å². The number of ether oxygens (including phenoxy) is 7. The van der Waals surface area contributed by atoms with E-state index in [0.29, 0.717) is 5.75 Å². The summed E-state index contributed by atoms with van der Waals surface area (Å²) in [5.41, 5.74) is -1.00. The zero-order chi connectivity index (χ0) is 38.5. The van der Waals surface area contributed by atoms with E-state index in [1.165, 1.54) is 39.2 Å². The molecule has 0 amide bonds. The Labute approximate surface area is 300 Å². The van der Waals surface area contributed by atoms with Crippen LogP contribution >= 0.6 is 0 Å². The topological polar surface area (TPSA) is 297 Å². The van der Waals surface area contributed by atoms with E-state index in [0.717, 1.165) is 6.07 Å². The van der Waals surface area contributed by atoms with E-state index >= 15 is 0 Å². The van der Waals surface area contributed by atoms with Crippen LogP contribution in [0.2, 0.25) is 0 Å². The second kappa shape index (κ2) is 15.6. The number of phenols is 1. The molecule has 15 atom stereocenters. The summed E-state index contributed by atoms with van der Waals surface area (Å²) in [6, 6.07) is 8.27. The number of aliphatic hydroxyl groups excluding tert-OH is 9. The first kappa shape index (κ1) is 39.0. The zero-order valence-electron chi connectivity index (χ0n) is 28.5. The summed E-state index contributed by atoms with van der Waals surface area (Å²) >= 11 is 0. The van der Waals surface area contributed by atoms with Gasteiger partial charge in [0.25, 0.3) is 0 Å². The van der Waals surface area contributed by atoms with Crippen LogP contribution in [0.15, 0.2) is 45.6 Å². The van der Waals surface area contributed by atoms with Crippen molar-refractivity contribution in [2.75, 3.05) is 13.7 Å². The molecule has 3 fully saturated rings. The molecule has 4 heterocycles. The Morgan fingerprint density at radius 2 is 1.28 bits per heavy atom. The maximum Gasteiger partial charge on any atom is 0.239 e. The summed E-state index contributed by atoms with van der Waals surface area (Å²) in [4.78, 5) is 14.3. The number of rotatable bonds is 9. The number of hydrogen-bond donors (Lipinski definition) is 10. The van der Waals surface area contributed by atoms with E-state index in [2.05, 4.69) is 0 Å². The minimum absolute atomic E-state index is 0.223. The fraction of sp³-hybridized carbons (Fsp3) is 0.559. The molecule has 19 nitrogen and oxygen atoms in total. The lowest BCUT2D eigenvalue weighted by Gasteiger charge is -2.45. The van der Waals surface area contributed by atoms with Crippen molar-refractivity contribution >= 4 is 11.0 Å². The average Bonchev–Trinajstić information content (AvgIpc) is 3.14. The number of benzene rings is 2. The lowest BCUT2D eigenvalue weighted by molar-refractivity contribution is -0.352. The number of aromatic hydroxyl groups is 1. The average molecular weight is 755 g/mol. The van der Waals surface area contributed by atoms with Crippen LogP contribution in [0.5, 0.6) is 23.0 Å². The Bertz CT molecular complexity index is 1780. The first-order chi connectivity index (χ1) is 25.1. The third-order valence-electron chi connectivity index (χ3n) is 9.48. The second-order valence-corrected chi connectivity index (χ2v) is 13.0. The van der Waals surface area contributed by atoms with Crippen molar-refractivity contribution in [2.24, 2.45) is 0 Å². The molecule has 0 aliphatic carbocycles. The molecule has 10 N–H and O–H groups in total. The zero-order valence-corrected chi connectivity index (χ0v) is 28.5. The summed E-state index contributed by atoms with van der Waals surface area (Å²) < 4.78 is 45.6. The van der Waals surface area contributed by atoms with Crippen molar-refractivity contribution in [1.29, 1.82) is 0 Å². The molecule has 0 radical (unpaired) electrons. The molecule has 3 saturated heterocycles. The molecular weight excluding hydrogens is 712 g/mol. The van der Waals surface area contributed by atoms with Gasteiger partial charge in [0.05, 0.1) is 25.9 Å². The van der Waals surface area contributed by atoms with Gasteiger partial charge >= 0.3 is 0 Å². The smallest absolute Gasteiger partial charge is 0.239 e. The van der Waals surface area contributed by atoms with Crippen LogP contribution in [0.25, 0.3) is 22.3 Å². The lowest BCUT2D eigenvalue weighted by atomic mass is 9.98. The summed E-state index contributed by atoms with van der Waals surface area (Å²) in [6.45, 7) is 2.09. The van der Waals surface area contributed by atoms with Crippen LogP contribution in [0, 0.1) is 0 Å². The quantitative estimate of drug-likeness (QED) is 0.107. The first-order valence-corrected chi connectivity index (χ1v) is 16.6. The van der Waals surface area contributed by atoms with Gasteiger partial charge in [0.15, 0.2) is 18.2 Å². The SMILES string of the molecule is COc1ccc(-c2oc3cc(O[C@@H]4O[C@H](CO)[C@@H](O)[C@H](O)[C@H]4O)cc(O)c3c(=O)c2OC2O[C@@H](C)[C@H](O)[C@@H](O)[C@H]2O[C@@H]2O[C@@H](C)[C@H](O)[C@@H](O)[C@H]2O)cc1. The standard InChI is InChI=1S/C34H42O19/c1-11-20(37)24(41)27(44)32(47-11)53-31-26(43)21(38)12(2)48-34(31)52-30-23(40)19-16(36)8-15(49-33-28(45)25(42)22(39)18(10-35)51-33)9-17(19)50-29(30)13-4-6-14(46-3)7-5-13/h4-9,11-12,18,20-22,24-28,31-39,41-45H,10H2,1-3H3/t11-,12-,18+,20-,21-,22+,24+,25-,26+,27+,28+,31+,32-,33+,34?/m0/s1. The molecule has 3 aliphatic heterocycles. The molecule has 0 saturated carbocycles. The highest BCUT2D eigenvalue weighted by Crippen LogP contribution is 2.39. The third kappa shape index (κ3) is 7.41. The van der Waals surface area contributed by atoms with E-state index in [1.807, 2.05) is 0 Å². The van der Waals surface area contributed by atoms with Gasteiger partial charge in [-0.2, -0.15) is 0 Å². The van der Waals surface area contributed by atoms with Gasteiger partial charge in [0.2, 0.25) is 23.8 Å². The Kier molecular flexibility index (Phi) is 11.5. The Morgan fingerprint density at radius 1 is 0.679 bits per heavy atom. The predicted molar refractivity (Wildman–Crippen MR) is 175 cm³/mol. The summed E-state index contributed by atoms with van der Waals surface area (Å²) in [6.07, 6.45) is -23.7. The Hall–Kier alpha value is -3.67. The molecule has 1 unspecified atom stereocenters. The van der Waals surface area contributed by atoms with Gasteiger partial charge in [-0.15, -0.1) is 0 Å². The van der Waals surface area contributed by atoms with Crippen molar-refractivity contribution in [3.8, 4) is 34.3 Å². The molecule has 6 rings (SSSR count). The maximum absolute atomic E-state index is 14.3. The molecular formula is C34H42O19. The minimum Gasteiger partial charge on any atom is -0.507 e. The van der Waals surface area contributed by atoms with Gasteiger partial charge in [-0.1, -0.05) is 0 Å². The van der Waals surface area contributed by atoms with Gasteiger partial charge < -0.3 is 88.6 Å². The van der Waals surface area contributed by atoms with Gasteiger partial charge in [-0.25, -0.2) is 0 Å². The van der Waals surface area contributed by atoms with Gasteiger partial charge in [-0.05, 0) is 38.1 Å². The molecule has 3 aliphatic rings. The van der Waals surface area contributed by atoms with Crippen LogP contribution in [-0.2, 0) is 18.9 Å². The summed E-state index contributed by atoms with van der Waals surface area (Å²) in [7, 11) is 1.44. The number of methoxy groups -OCH3 is 1. The molecule has 292 valence electrons. The lowest BCUT2D eigenvalue weighted by Crippen LogP contribution is -2.63. The normalized spacial score (nSPS) is 37.7. The highest BCUT2D eigenvalue weighted by atomic mass is 16.8. The Balaban J connectivity index is 1.41. The molecule has 0 spiro atoms. The second-order valence-electron chi connectivity index (χ2n) is 13.0. The van der Waals surface area contributed by atoms with Crippen molar-refractivity contribution in [3.05, 3.63) is 46.6 Å². The summed E-state index contributed by atoms with van der Waals surface area (Å²) in [5.74, 6) is -1.30. The van der Waals surface area contributed by atoms with E-state index in [-0.39, 0.29) is 22.7 Å². The van der Waals surface area contributed by atoms with Gasteiger partial charge in [-0.3, -0.25) is 4.79 Å². The van der Waals surface area contributed by atoms with Gasteiger partial charge in [0.1, 0.15) is 83.2 Å². The van der Waals surface area contributed by atoms with Crippen molar-refractivity contribution < 1.29 is 88.6 Å². The van der Waals surface area contributed by atoms with Gasteiger partial charge in [0, 0.05) is 17.7 Å². The van der Waals surface area contributed by atoms with Crippen molar-refractivity contribution in [3.63, 3.8) is 0 Å². The molecule has 1 aromatic heterocycles. The van der Waals surface area contributed by atoms with Crippen LogP contribution in [0.3, 0.4) is 0 Å². The summed E-state index contributed by atoms with van der Waals surface area (Å²) in [5, 5.41) is 104. The monoisotopic (exact) mass is 754 g/mol. The minimum atomic E-state index is -1.82. The van der Waals surface area contributed by atoms with Crippen LogP contribution < -0.4 is 19.6 Å². The van der Waals surface area contributed by atoms with Crippen LogP contribution in [0.4, 0.5) is 0 Å². The third-order valence-corrected chi connectivity index (χ3v) is 9.48. The molecule has 53 heavy (non-hydrogen) atoms. The number of fused-ring (bicyclic) bond motifs is 1. The highest BCUT2D eigenvalue weighted by molar-refractivity contribution is 5.88. The Morgan fingerprint density at radius 3 is 1.92 bits per heavy atom. The molecule has 19 heteroatoms. The van der Waals surface area contributed by atoms with Crippen molar-refractivity contribution in [1.82, 2.24) is 0 Å². The number of hydrogen-bond acceptors (Lipinski definition) is 19. The first-order valence-electron chi connectivity index (χ1n) is 16.6. The van der Waals surface area contributed by atoms with Crippen molar-refractivity contribution in [2.45, 2.75) is 106 Å². The number of aliphatic hydroxyl groups is 9. The van der Waals surface area contributed by atoms with Crippen LogP contribution in [-0.4, -0.2) is 157 Å². The fourth-order valence-electron chi connectivity index (χ4n) is 6.30. The number of phenolic OH excluding ortho intramolecular Hbond substituents is 1. The molecule has 0 bridgehead atoms. The molecule has 2 aromatic carbocycles.